The summed E-state index contributed by atoms with van der Waals surface area (Å²) in [7, 11) is 0. The van der Waals surface area contributed by atoms with Crippen molar-refractivity contribution in [2.24, 2.45) is 0 Å². The van der Waals surface area contributed by atoms with Gasteiger partial charge in [0.1, 0.15) is 5.01 Å². The molecule has 1 unspecified atom stereocenters. The summed E-state index contributed by atoms with van der Waals surface area (Å²) in [4.78, 5) is 29.4. The van der Waals surface area contributed by atoms with Crippen molar-refractivity contribution in [3.05, 3.63) is 55.6 Å². The number of benzene rings is 1. The number of alkyl halides is 3. The number of nitrogens with zero attached hydrogens (tertiary/aromatic N) is 3. The summed E-state index contributed by atoms with van der Waals surface area (Å²) in [6.45, 7) is 3.69. The molecule has 0 fully saturated rings. The maximum Gasteiger partial charge on any atom is 0.416 e. The molecule has 4 aromatic rings. The van der Waals surface area contributed by atoms with E-state index in [9.17, 15) is 22.8 Å². The van der Waals surface area contributed by atoms with Gasteiger partial charge in [0.05, 0.1) is 45.9 Å². The predicted octanol–water partition coefficient (Wildman–Crippen LogP) is 5.02. The fourth-order valence-corrected chi connectivity index (χ4v) is 4.90. The molecule has 0 saturated heterocycles. The third-order valence-electron chi connectivity index (χ3n) is 4.94. The first kappa shape index (κ1) is 22.4. The van der Waals surface area contributed by atoms with Crippen LogP contribution in [-0.2, 0) is 28.7 Å². The Hall–Kier alpha value is -2.79. The van der Waals surface area contributed by atoms with Crippen molar-refractivity contribution in [2.75, 3.05) is 0 Å². The highest BCUT2D eigenvalue weighted by Gasteiger charge is 2.30. The number of thiophene rings is 1. The minimum absolute atomic E-state index is 0.0152. The first-order chi connectivity index (χ1) is 15.2. The lowest BCUT2D eigenvalue weighted by molar-refractivity contribution is -0.147. The summed E-state index contributed by atoms with van der Waals surface area (Å²) < 4.78 is 46.0. The largest absolute Gasteiger partial charge is 0.462 e. The zero-order valence-corrected chi connectivity index (χ0v) is 18.7. The lowest BCUT2D eigenvalue weighted by atomic mass is 10.2. The molecule has 0 aliphatic carbocycles. The van der Waals surface area contributed by atoms with Crippen molar-refractivity contribution in [3.8, 4) is 0 Å². The van der Waals surface area contributed by atoms with Crippen LogP contribution in [0.1, 0.15) is 36.5 Å². The number of esters is 1. The molecule has 0 amide bonds. The van der Waals surface area contributed by atoms with Crippen LogP contribution in [-0.4, -0.2) is 26.8 Å². The van der Waals surface area contributed by atoms with Crippen LogP contribution in [0.3, 0.4) is 0 Å². The van der Waals surface area contributed by atoms with E-state index in [1.54, 1.807) is 17.7 Å². The summed E-state index contributed by atoms with van der Waals surface area (Å²) in [6, 6.07) is 3.37. The van der Waals surface area contributed by atoms with Gasteiger partial charge in [0.25, 0.3) is 5.56 Å². The molecule has 0 saturated carbocycles. The van der Waals surface area contributed by atoms with Gasteiger partial charge in [0.2, 0.25) is 0 Å². The quantitative estimate of drug-likeness (QED) is 0.362. The zero-order valence-electron chi connectivity index (χ0n) is 17.1. The second-order valence-electron chi connectivity index (χ2n) is 7.28. The number of thiazole rings is 1. The second kappa shape index (κ2) is 8.62. The number of hydrogen-bond acceptors (Lipinski definition) is 7. The Balaban J connectivity index is 1.68. The monoisotopic (exact) mass is 481 g/mol. The number of hydrogen-bond donors (Lipinski definition) is 0. The normalized spacial score (nSPS) is 13.0. The van der Waals surface area contributed by atoms with Gasteiger partial charge in [-0.3, -0.25) is 9.59 Å². The third-order valence-corrected chi connectivity index (χ3v) is 6.71. The van der Waals surface area contributed by atoms with Gasteiger partial charge in [0, 0.05) is 16.1 Å². The Bertz CT molecular complexity index is 1360. The first-order valence-electron chi connectivity index (χ1n) is 9.77. The van der Waals surface area contributed by atoms with Crippen molar-refractivity contribution < 1.29 is 22.7 Å². The molecule has 4 rings (SSSR count). The first-order valence-corrected chi connectivity index (χ1v) is 11.5. The van der Waals surface area contributed by atoms with E-state index in [1.165, 1.54) is 33.4 Å². The van der Waals surface area contributed by atoms with Crippen molar-refractivity contribution in [2.45, 2.75) is 45.5 Å². The molecule has 6 nitrogen and oxygen atoms in total. The maximum absolute atomic E-state index is 13.0. The van der Waals surface area contributed by atoms with Gasteiger partial charge >= 0.3 is 12.1 Å². The summed E-state index contributed by atoms with van der Waals surface area (Å²) in [5.41, 5.74) is -0.508. The van der Waals surface area contributed by atoms with Gasteiger partial charge in [-0.1, -0.05) is 6.92 Å². The zero-order chi connectivity index (χ0) is 23.0. The molecular weight excluding hydrogens is 463 g/mol. The highest BCUT2D eigenvalue weighted by molar-refractivity contribution is 7.18. The second-order valence-corrected chi connectivity index (χ2v) is 9.14. The number of aromatic nitrogens is 3. The maximum atomic E-state index is 13.0. The highest BCUT2D eigenvalue weighted by Crippen LogP contribution is 2.33. The molecule has 0 bridgehead atoms. The summed E-state index contributed by atoms with van der Waals surface area (Å²) in [5.74, 6) is -0.441. The van der Waals surface area contributed by atoms with E-state index in [2.05, 4.69) is 10.1 Å². The van der Waals surface area contributed by atoms with Gasteiger partial charge in [-0.2, -0.15) is 29.6 Å². The Morgan fingerprint density at radius 3 is 2.72 bits per heavy atom. The van der Waals surface area contributed by atoms with Gasteiger partial charge < -0.3 is 4.74 Å². The molecule has 1 atom stereocenters. The van der Waals surface area contributed by atoms with Crippen LogP contribution in [0.15, 0.2) is 33.8 Å². The Labute approximate surface area is 188 Å². The van der Waals surface area contributed by atoms with Crippen molar-refractivity contribution in [1.82, 2.24) is 14.8 Å². The molecule has 11 heteroatoms. The number of halogens is 3. The van der Waals surface area contributed by atoms with Crippen LogP contribution in [0, 0.1) is 0 Å². The number of rotatable bonds is 6. The molecule has 0 aliphatic heterocycles. The third kappa shape index (κ3) is 4.53. The molecule has 3 heterocycles. The lowest BCUT2D eigenvalue weighted by Gasteiger charge is -2.12. The van der Waals surface area contributed by atoms with Crippen LogP contribution in [0.2, 0.25) is 0 Å². The van der Waals surface area contributed by atoms with E-state index in [0.29, 0.717) is 32.6 Å². The number of ether oxygens (including phenoxy) is 1. The highest BCUT2D eigenvalue weighted by atomic mass is 32.1. The van der Waals surface area contributed by atoms with Crippen LogP contribution >= 0.6 is 22.7 Å². The molecule has 0 radical (unpaired) electrons. The lowest BCUT2D eigenvalue weighted by Crippen LogP contribution is -2.26. The average Bonchev–Trinajstić information content (AvgIpc) is 3.37. The van der Waals surface area contributed by atoms with Gasteiger partial charge in [0.15, 0.2) is 0 Å². The standard InChI is InChI=1S/C21H18F3N3O3S2/c1-3-11(2)30-19(28)7-15-13-9-31-10-14(13)20(29)27(26-15)8-18-25-16-6-12(21(22,23)24)4-5-17(16)32-18/h4-6,9-11H,3,7-8H2,1-2H3. The topological polar surface area (TPSA) is 74.1 Å². The molecular formula is C21H18F3N3O3S2. The molecule has 0 spiro atoms. The molecule has 3 aromatic heterocycles. The van der Waals surface area contributed by atoms with E-state index in [1.807, 2.05) is 6.92 Å². The van der Waals surface area contributed by atoms with E-state index < -0.39 is 17.7 Å². The van der Waals surface area contributed by atoms with E-state index >= 15 is 0 Å². The fraction of sp³-hybridized carbons (Fsp3) is 0.333. The summed E-state index contributed by atoms with van der Waals surface area (Å²) >= 11 is 2.52. The molecule has 32 heavy (non-hydrogen) atoms. The van der Waals surface area contributed by atoms with E-state index in [4.69, 9.17) is 4.74 Å². The average molecular weight is 482 g/mol. The number of carbonyl (C=O) groups is 1. The smallest absolute Gasteiger partial charge is 0.416 e. The fourth-order valence-electron chi connectivity index (χ4n) is 3.14. The van der Waals surface area contributed by atoms with Crippen LogP contribution in [0.4, 0.5) is 13.2 Å². The predicted molar refractivity (Wildman–Crippen MR) is 117 cm³/mol. The summed E-state index contributed by atoms with van der Waals surface area (Å²) in [5, 5.41) is 9.28. The van der Waals surface area contributed by atoms with Gasteiger partial charge in [-0.05, 0) is 31.5 Å². The minimum atomic E-state index is -4.46. The van der Waals surface area contributed by atoms with Gasteiger partial charge in [-0.25, -0.2) is 9.67 Å². The van der Waals surface area contributed by atoms with Gasteiger partial charge in [-0.15, -0.1) is 11.3 Å². The van der Waals surface area contributed by atoms with Crippen molar-refractivity contribution in [1.29, 1.82) is 0 Å². The molecule has 0 N–H and O–H groups in total. The Morgan fingerprint density at radius 1 is 1.25 bits per heavy atom. The van der Waals surface area contributed by atoms with Crippen molar-refractivity contribution in [3.63, 3.8) is 0 Å². The number of fused-ring (bicyclic) bond motifs is 2. The van der Waals surface area contributed by atoms with Crippen LogP contribution in [0.5, 0.6) is 0 Å². The molecule has 168 valence electrons. The Morgan fingerprint density at radius 2 is 2.00 bits per heavy atom. The van der Waals surface area contributed by atoms with E-state index in [0.717, 1.165) is 12.1 Å². The molecule has 1 aromatic carbocycles. The van der Waals surface area contributed by atoms with Crippen molar-refractivity contribution >= 4 is 49.6 Å². The van der Waals surface area contributed by atoms with Crippen LogP contribution in [0.25, 0.3) is 21.0 Å². The summed E-state index contributed by atoms with van der Waals surface area (Å²) in [6.07, 6.45) is -4.10. The number of carbonyl (C=O) groups excluding carboxylic acids is 1. The van der Waals surface area contributed by atoms with Crippen LogP contribution < -0.4 is 5.56 Å². The Kier molecular flexibility index (Phi) is 6.04. The minimum Gasteiger partial charge on any atom is -0.462 e. The van der Waals surface area contributed by atoms with E-state index in [-0.39, 0.29) is 30.1 Å². The SMILES string of the molecule is CCC(C)OC(=O)Cc1nn(Cc2nc3cc(C(F)(F)F)ccc3s2)c(=O)c2cscc12. The molecule has 0 aliphatic rings.